The molecule has 3 unspecified atom stereocenters. The van der Waals surface area contributed by atoms with Crippen LogP contribution >= 0.6 is 0 Å². The van der Waals surface area contributed by atoms with Gasteiger partial charge in [-0.2, -0.15) is 0 Å². The van der Waals surface area contributed by atoms with Crippen LogP contribution < -0.4 is 0 Å². The van der Waals surface area contributed by atoms with E-state index >= 15 is 0 Å². The summed E-state index contributed by atoms with van der Waals surface area (Å²) < 4.78 is 0. The Kier molecular flexibility index (Phi) is 7.33. The van der Waals surface area contributed by atoms with Crippen molar-refractivity contribution in [3.8, 4) is 0 Å². The topological polar surface area (TPSA) is 80.9 Å². The lowest BCUT2D eigenvalue weighted by Gasteiger charge is -2.68. The van der Waals surface area contributed by atoms with Crippen LogP contribution in [0.4, 0.5) is 0 Å². The molecule has 0 aliphatic heterocycles. The van der Waals surface area contributed by atoms with Crippen molar-refractivity contribution in [2.45, 2.75) is 89.7 Å². The molecule has 5 heteroatoms. The van der Waals surface area contributed by atoms with E-state index in [0.29, 0.717) is 12.2 Å². The predicted octanol–water partition coefficient (Wildman–Crippen LogP) is 2.90. The van der Waals surface area contributed by atoms with Crippen molar-refractivity contribution in [2.24, 2.45) is 11.3 Å². The molecule has 3 atom stereocenters. The molecule has 0 radical (unpaired) electrons. The number of rotatable bonds is 7. The highest BCUT2D eigenvalue weighted by Crippen LogP contribution is 2.65. The maximum Gasteiger partial charge on any atom is 0.451 e. The molecule has 3 saturated carbocycles. The van der Waals surface area contributed by atoms with Crippen LogP contribution in [0, 0.1) is 11.3 Å². The summed E-state index contributed by atoms with van der Waals surface area (Å²) in [6.07, 6.45) is 10.4. The molecular weight excluding hydrogens is 291 g/mol. The van der Waals surface area contributed by atoms with Gasteiger partial charge in [0.15, 0.2) is 0 Å². The first kappa shape index (κ1) is 20.7. The minimum absolute atomic E-state index is 0.0885. The molecule has 3 rings (SSSR count). The zero-order valence-electron chi connectivity index (χ0n) is 15.1. The minimum atomic E-state index is -1.12. The van der Waals surface area contributed by atoms with Gasteiger partial charge in [0.25, 0.3) is 0 Å². The molecule has 0 amide bonds. The van der Waals surface area contributed by atoms with E-state index in [1.165, 1.54) is 12.8 Å². The largest absolute Gasteiger partial charge is 0.451 e. The number of hydrogen-bond donors (Lipinski definition) is 4. The molecule has 3 aliphatic rings. The second-order valence-corrected chi connectivity index (χ2v) is 8.06. The lowest BCUT2D eigenvalue weighted by molar-refractivity contribution is -0.312. The van der Waals surface area contributed by atoms with Gasteiger partial charge in [-0.25, -0.2) is 0 Å². The lowest BCUT2D eigenvalue weighted by atomic mass is 9.41. The van der Waals surface area contributed by atoms with Gasteiger partial charge in [0.1, 0.15) is 0 Å². The standard InChI is InChI=1S/C10H18O2.C8H17BO2/c1-8(2)7-4-5-9(3,11)10(8,12)6-7;1-2-3-4-5-6-7-8-9(10)11/h7,11-12H,4-6H2,1-3H3;2,10-11H,1,3-8H2. The van der Waals surface area contributed by atoms with Gasteiger partial charge in [0, 0.05) is 0 Å². The number of unbranched alkanes of at least 4 members (excludes halogenated alkanes) is 4. The van der Waals surface area contributed by atoms with Crippen molar-refractivity contribution in [3.63, 3.8) is 0 Å². The zero-order chi connectivity index (χ0) is 17.7. The maximum absolute atomic E-state index is 10.2. The van der Waals surface area contributed by atoms with Crippen molar-refractivity contribution >= 4 is 7.12 Å². The highest BCUT2D eigenvalue weighted by atomic mass is 16.4. The van der Waals surface area contributed by atoms with Gasteiger partial charge >= 0.3 is 7.12 Å². The predicted molar refractivity (Wildman–Crippen MR) is 95.0 cm³/mol. The van der Waals surface area contributed by atoms with Gasteiger partial charge in [-0.3, -0.25) is 0 Å². The van der Waals surface area contributed by atoms with Gasteiger partial charge < -0.3 is 20.3 Å². The van der Waals surface area contributed by atoms with Crippen molar-refractivity contribution in [1.29, 1.82) is 0 Å². The normalized spacial score (nSPS) is 34.0. The number of allylic oxidation sites excluding steroid dienone is 1. The first-order valence-corrected chi connectivity index (χ1v) is 9.00. The van der Waals surface area contributed by atoms with Gasteiger partial charge in [-0.05, 0) is 56.7 Å². The van der Waals surface area contributed by atoms with E-state index in [-0.39, 0.29) is 5.41 Å². The Labute approximate surface area is 141 Å². The molecule has 0 saturated heterocycles. The number of aliphatic hydroxyl groups is 2. The summed E-state index contributed by atoms with van der Waals surface area (Å²) in [5.74, 6) is 0.614. The Hall–Kier alpha value is -0.355. The average Bonchev–Trinajstić information content (AvgIpc) is 2.45. The van der Waals surface area contributed by atoms with Gasteiger partial charge in [-0.15, -0.1) is 6.58 Å². The fourth-order valence-electron chi connectivity index (χ4n) is 4.09. The van der Waals surface area contributed by atoms with Gasteiger partial charge in [0.2, 0.25) is 0 Å². The van der Waals surface area contributed by atoms with Crippen molar-refractivity contribution in [2.75, 3.05) is 0 Å². The maximum atomic E-state index is 10.2. The smallest absolute Gasteiger partial charge is 0.427 e. The Morgan fingerprint density at radius 1 is 1.09 bits per heavy atom. The van der Waals surface area contributed by atoms with Gasteiger partial charge in [0.05, 0.1) is 11.2 Å². The second kappa shape index (κ2) is 8.15. The van der Waals surface area contributed by atoms with Crippen LogP contribution in [0.2, 0.25) is 6.32 Å². The molecule has 0 heterocycles. The molecule has 0 aromatic carbocycles. The second-order valence-electron chi connectivity index (χ2n) is 8.06. The zero-order valence-corrected chi connectivity index (χ0v) is 15.1. The van der Waals surface area contributed by atoms with Crippen LogP contribution in [-0.4, -0.2) is 38.6 Å². The molecule has 0 aromatic rings. The van der Waals surface area contributed by atoms with Crippen molar-refractivity contribution in [1.82, 2.24) is 0 Å². The first-order chi connectivity index (χ1) is 10.6. The third-order valence-corrected chi connectivity index (χ3v) is 6.12. The quantitative estimate of drug-likeness (QED) is 0.329. The third-order valence-electron chi connectivity index (χ3n) is 6.12. The van der Waals surface area contributed by atoms with E-state index in [0.717, 1.165) is 38.5 Å². The summed E-state index contributed by atoms with van der Waals surface area (Å²) in [4.78, 5) is 0. The highest BCUT2D eigenvalue weighted by molar-refractivity contribution is 6.40. The molecular formula is C18H35BO4. The van der Waals surface area contributed by atoms with E-state index in [1.54, 1.807) is 6.92 Å². The molecule has 23 heavy (non-hydrogen) atoms. The molecule has 0 spiro atoms. The monoisotopic (exact) mass is 326 g/mol. The van der Waals surface area contributed by atoms with E-state index < -0.39 is 18.3 Å². The number of hydrogen-bond acceptors (Lipinski definition) is 4. The Morgan fingerprint density at radius 3 is 2.13 bits per heavy atom. The molecule has 4 nitrogen and oxygen atoms in total. The molecule has 3 fully saturated rings. The Bertz CT molecular complexity index is 371. The first-order valence-electron chi connectivity index (χ1n) is 9.00. The Morgan fingerprint density at radius 2 is 1.70 bits per heavy atom. The van der Waals surface area contributed by atoms with E-state index in [2.05, 4.69) is 20.4 Å². The lowest BCUT2D eigenvalue weighted by Crippen LogP contribution is -2.74. The van der Waals surface area contributed by atoms with Crippen LogP contribution in [0.25, 0.3) is 0 Å². The molecule has 4 N–H and O–H groups in total. The molecule has 2 bridgehead atoms. The van der Waals surface area contributed by atoms with Crippen LogP contribution in [0.1, 0.15) is 72.1 Å². The molecule has 0 aromatic heterocycles. The van der Waals surface area contributed by atoms with Crippen LogP contribution in [0.3, 0.4) is 0 Å². The minimum Gasteiger partial charge on any atom is -0.427 e. The van der Waals surface area contributed by atoms with Crippen molar-refractivity contribution in [3.05, 3.63) is 12.7 Å². The summed E-state index contributed by atoms with van der Waals surface area (Å²) >= 11 is 0. The average molecular weight is 326 g/mol. The fraction of sp³-hybridized carbons (Fsp3) is 0.889. The summed E-state index contributed by atoms with van der Waals surface area (Å²) in [6.45, 7) is 9.52. The summed E-state index contributed by atoms with van der Waals surface area (Å²) in [5.41, 5.74) is -1.79. The van der Waals surface area contributed by atoms with Crippen LogP contribution in [0.5, 0.6) is 0 Å². The molecule has 134 valence electrons. The number of fused-ring (bicyclic) bond motifs is 2. The SMILES string of the molecule is C=CCCCCCCB(O)O.CC1(O)CCC2CC1(O)C2(C)C. The van der Waals surface area contributed by atoms with Gasteiger partial charge in [-0.1, -0.05) is 39.2 Å². The molecule has 3 aliphatic carbocycles. The van der Waals surface area contributed by atoms with E-state index in [1.807, 2.05) is 6.08 Å². The summed E-state index contributed by atoms with van der Waals surface area (Å²) in [6, 6.07) is 0. The summed E-state index contributed by atoms with van der Waals surface area (Å²) in [5, 5.41) is 37.3. The fourth-order valence-corrected chi connectivity index (χ4v) is 4.09. The third kappa shape index (κ3) is 4.59. The van der Waals surface area contributed by atoms with E-state index in [9.17, 15) is 10.2 Å². The van der Waals surface area contributed by atoms with Crippen molar-refractivity contribution < 1.29 is 20.3 Å². The van der Waals surface area contributed by atoms with E-state index in [4.69, 9.17) is 10.0 Å². The van der Waals surface area contributed by atoms with Crippen LogP contribution in [0.15, 0.2) is 12.7 Å². The Balaban J connectivity index is 0.000000232. The highest BCUT2D eigenvalue weighted by Gasteiger charge is 2.69. The van der Waals surface area contributed by atoms with Crippen LogP contribution in [-0.2, 0) is 0 Å². The summed E-state index contributed by atoms with van der Waals surface area (Å²) in [7, 11) is -1.12.